The fraction of sp³-hybridized carbons (Fsp3) is 0.111. The van der Waals surface area contributed by atoms with E-state index in [1.54, 1.807) is 0 Å². The number of rotatable bonds is 1. The maximum absolute atomic E-state index is 9.50. The maximum Gasteiger partial charge on any atom is 0.102 e. The maximum atomic E-state index is 9.50. The normalized spacial score (nSPS) is 9.95. The zero-order valence-corrected chi connectivity index (χ0v) is 12.7. The molecule has 0 aliphatic heterocycles. The number of aryl methyl sites for hydroxylation is 2. The van der Waals surface area contributed by atoms with Gasteiger partial charge in [-0.2, -0.15) is 5.26 Å². The highest BCUT2D eigenvalue weighted by atomic mass is 35.5. The summed E-state index contributed by atoms with van der Waals surface area (Å²) in [5.74, 6) is 0. The summed E-state index contributed by atoms with van der Waals surface area (Å²) in [5.41, 5.74) is 5.52. The molecule has 0 N–H and O–H groups in total. The van der Waals surface area contributed by atoms with Crippen LogP contribution in [0.4, 0.5) is 0 Å². The van der Waals surface area contributed by atoms with Crippen molar-refractivity contribution >= 4 is 23.3 Å². The molecule has 0 amide bonds. The Kier molecular flexibility index (Phi) is 4.26. The number of nitrogens with zero attached hydrogens (tertiary/aromatic N) is 2. The summed E-state index contributed by atoms with van der Waals surface area (Å²) in [4.78, 5) is 4.70. The molecule has 0 aliphatic rings. The van der Waals surface area contributed by atoms with Gasteiger partial charge in [-0.3, -0.25) is 0 Å². The van der Waals surface area contributed by atoms with Gasteiger partial charge < -0.3 is 0 Å². The molecule has 0 saturated heterocycles. The van der Waals surface area contributed by atoms with Gasteiger partial charge in [-0.15, -0.1) is 12.4 Å². The number of halogens is 1. The van der Waals surface area contributed by atoms with E-state index in [-0.39, 0.29) is 12.4 Å². The van der Waals surface area contributed by atoms with Crippen molar-refractivity contribution in [1.29, 1.82) is 5.26 Å². The SMILES string of the molecule is Cc1cccc(-c2nc3ccccc3c(C)c2C#N)c1.Cl. The fourth-order valence-corrected chi connectivity index (χ4v) is 2.51. The summed E-state index contributed by atoms with van der Waals surface area (Å²) < 4.78 is 0. The third kappa shape index (κ3) is 2.61. The van der Waals surface area contributed by atoms with Crippen molar-refractivity contribution < 1.29 is 0 Å². The van der Waals surface area contributed by atoms with E-state index >= 15 is 0 Å². The predicted octanol–water partition coefficient (Wildman–Crippen LogP) is 4.81. The van der Waals surface area contributed by atoms with Gasteiger partial charge in [0, 0.05) is 10.9 Å². The van der Waals surface area contributed by atoms with E-state index in [4.69, 9.17) is 4.98 Å². The second kappa shape index (κ2) is 5.95. The van der Waals surface area contributed by atoms with Gasteiger partial charge in [0.25, 0.3) is 0 Å². The number of benzene rings is 2. The monoisotopic (exact) mass is 294 g/mol. The molecule has 3 rings (SSSR count). The summed E-state index contributed by atoms with van der Waals surface area (Å²) in [6.07, 6.45) is 0. The van der Waals surface area contributed by atoms with Gasteiger partial charge in [0.1, 0.15) is 6.07 Å². The first kappa shape index (κ1) is 15.0. The van der Waals surface area contributed by atoms with Crippen molar-refractivity contribution in [1.82, 2.24) is 4.98 Å². The van der Waals surface area contributed by atoms with Crippen molar-refractivity contribution in [2.45, 2.75) is 13.8 Å². The predicted molar refractivity (Wildman–Crippen MR) is 88.6 cm³/mol. The Labute approximate surface area is 130 Å². The summed E-state index contributed by atoms with van der Waals surface area (Å²) in [6, 6.07) is 18.4. The fourth-order valence-electron chi connectivity index (χ4n) is 2.51. The third-order valence-corrected chi connectivity index (χ3v) is 3.56. The van der Waals surface area contributed by atoms with Crippen LogP contribution in [-0.2, 0) is 0 Å². The first-order valence-electron chi connectivity index (χ1n) is 6.57. The Morgan fingerprint density at radius 1 is 1.00 bits per heavy atom. The topological polar surface area (TPSA) is 36.7 Å². The second-order valence-electron chi connectivity index (χ2n) is 4.96. The van der Waals surface area contributed by atoms with Crippen molar-refractivity contribution in [3.63, 3.8) is 0 Å². The van der Waals surface area contributed by atoms with Gasteiger partial charge in [0.05, 0.1) is 16.8 Å². The highest BCUT2D eigenvalue weighted by Gasteiger charge is 2.13. The minimum atomic E-state index is 0. The van der Waals surface area contributed by atoms with Crippen molar-refractivity contribution in [2.75, 3.05) is 0 Å². The van der Waals surface area contributed by atoms with E-state index in [9.17, 15) is 5.26 Å². The van der Waals surface area contributed by atoms with Crippen LogP contribution in [0.15, 0.2) is 48.5 Å². The number of hydrogen-bond acceptors (Lipinski definition) is 2. The molecular weight excluding hydrogens is 280 g/mol. The van der Waals surface area contributed by atoms with Crippen molar-refractivity contribution in [2.24, 2.45) is 0 Å². The highest BCUT2D eigenvalue weighted by Crippen LogP contribution is 2.29. The zero-order chi connectivity index (χ0) is 14.1. The minimum Gasteiger partial charge on any atom is -0.246 e. The first-order valence-corrected chi connectivity index (χ1v) is 6.57. The quantitative estimate of drug-likeness (QED) is 0.645. The average molecular weight is 295 g/mol. The first-order chi connectivity index (χ1) is 9.70. The Morgan fingerprint density at radius 3 is 2.48 bits per heavy atom. The van der Waals surface area contributed by atoms with Gasteiger partial charge in [0.2, 0.25) is 0 Å². The molecule has 3 heteroatoms. The summed E-state index contributed by atoms with van der Waals surface area (Å²) in [5, 5.41) is 10.5. The molecule has 2 aromatic carbocycles. The van der Waals surface area contributed by atoms with Gasteiger partial charge in [-0.05, 0) is 31.5 Å². The summed E-state index contributed by atoms with van der Waals surface area (Å²) in [7, 11) is 0. The molecule has 0 saturated carbocycles. The van der Waals surface area contributed by atoms with Crippen LogP contribution in [0.5, 0.6) is 0 Å². The molecule has 0 bridgehead atoms. The van der Waals surface area contributed by atoms with Crippen LogP contribution in [0.3, 0.4) is 0 Å². The van der Waals surface area contributed by atoms with E-state index in [0.717, 1.165) is 27.7 Å². The van der Waals surface area contributed by atoms with Crippen molar-refractivity contribution in [3.8, 4) is 17.3 Å². The molecule has 0 unspecified atom stereocenters. The molecule has 104 valence electrons. The van der Waals surface area contributed by atoms with E-state index in [2.05, 4.69) is 12.1 Å². The molecule has 0 spiro atoms. The molecule has 0 aliphatic carbocycles. The Balaban J connectivity index is 0.00000161. The molecule has 2 nitrogen and oxygen atoms in total. The standard InChI is InChI=1S/C18H14N2.ClH/c1-12-6-5-7-14(10-12)18-16(11-19)13(2)15-8-3-4-9-17(15)20-18;/h3-10H,1-2H3;1H. The van der Waals surface area contributed by atoms with Crippen LogP contribution in [0, 0.1) is 25.2 Å². The van der Waals surface area contributed by atoms with Gasteiger partial charge >= 0.3 is 0 Å². The van der Waals surface area contributed by atoms with Crippen LogP contribution in [0.25, 0.3) is 22.2 Å². The molecule has 21 heavy (non-hydrogen) atoms. The van der Waals surface area contributed by atoms with E-state index < -0.39 is 0 Å². The molecule has 1 aromatic heterocycles. The lowest BCUT2D eigenvalue weighted by atomic mass is 9.98. The average Bonchev–Trinajstić information content (AvgIpc) is 2.47. The highest BCUT2D eigenvalue weighted by molar-refractivity contribution is 5.88. The number of fused-ring (bicyclic) bond motifs is 1. The smallest absolute Gasteiger partial charge is 0.102 e. The number of para-hydroxylation sites is 1. The number of pyridine rings is 1. The minimum absolute atomic E-state index is 0. The molecule has 0 radical (unpaired) electrons. The Morgan fingerprint density at radius 2 is 1.76 bits per heavy atom. The van der Waals surface area contributed by atoms with Crippen LogP contribution >= 0.6 is 12.4 Å². The largest absolute Gasteiger partial charge is 0.246 e. The van der Waals surface area contributed by atoms with Crippen LogP contribution in [-0.4, -0.2) is 4.98 Å². The van der Waals surface area contributed by atoms with Crippen molar-refractivity contribution in [3.05, 3.63) is 65.2 Å². The van der Waals surface area contributed by atoms with Crippen LogP contribution in [0.2, 0.25) is 0 Å². The number of nitriles is 1. The lowest BCUT2D eigenvalue weighted by Gasteiger charge is -2.10. The number of aromatic nitrogens is 1. The lowest BCUT2D eigenvalue weighted by Crippen LogP contribution is -1.95. The lowest BCUT2D eigenvalue weighted by molar-refractivity contribution is 1.31. The zero-order valence-electron chi connectivity index (χ0n) is 11.9. The van der Waals surface area contributed by atoms with Crippen LogP contribution in [0.1, 0.15) is 16.7 Å². The molecule has 0 atom stereocenters. The van der Waals surface area contributed by atoms with Gasteiger partial charge in [-0.25, -0.2) is 4.98 Å². The molecule has 1 heterocycles. The summed E-state index contributed by atoms with van der Waals surface area (Å²) in [6.45, 7) is 4.03. The second-order valence-corrected chi connectivity index (χ2v) is 4.96. The Hall–Kier alpha value is -2.37. The van der Waals surface area contributed by atoms with E-state index in [1.165, 1.54) is 5.56 Å². The van der Waals surface area contributed by atoms with Gasteiger partial charge in [0.15, 0.2) is 0 Å². The van der Waals surface area contributed by atoms with Gasteiger partial charge in [-0.1, -0.05) is 42.0 Å². The molecule has 0 fully saturated rings. The molecular formula is C18H15ClN2. The number of hydrogen-bond donors (Lipinski definition) is 0. The molecule has 3 aromatic rings. The third-order valence-electron chi connectivity index (χ3n) is 3.56. The summed E-state index contributed by atoms with van der Waals surface area (Å²) >= 11 is 0. The van der Waals surface area contributed by atoms with Crippen LogP contribution < -0.4 is 0 Å². The Bertz CT molecular complexity index is 847. The van der Waals surface area contributed by atoms with E-state index in [1.807, 2.05) is 56.3 Å². The van der Waals surface area contributed by atoms with E-state index in [0.29, 0.717) is 5.56 Å².